The van der Waals surface area contributed by atoms with Crippen molar-refractivity contribution in [3.05, 3.63) is 0 Å². The number of piperidine rings is 1. The van der Waals surface area contributed by atoms with E-state index >= 15 is 0 Å². The first-order valence-corrected chi connectivity index (χ1v) is 9.66. The van der Waals surface area contributed by atoms with Crippen molar-refractivity contribution in [2.75, 3.05) is 45.8 Å². The number of halogens is 4. The molecule has 4 N–H and O–H groups in total. The number of amides is 1. The molecule has 2 rings (SSSR count). The van der Waals surface area contributed by atoms with Crippen molar-refractivity contribution < 1.29 is 26.4 Å². The fourth-order valence-corrected chi connectivity index (χ4v) is 3.88. The van der Waals surface area contributed by atoms with E-state index in [4.69, 9.17) is 5.14 Å². The van der Waals surface area contributed by atoms with Crippen LogP contribution >= 0.6 is 12.4 Å². The molecule has 13 heteroatoms. The minimum absolute atomic E-state index is 0. The SMILES string of the molecule is Cl.NS(=O)(=O)N1CCC(C(=O)NCC(N2CCNCC2)C(F)(F)F)CC1. The van der Waals surface area contributed by atoms with Crippen molar-refractivity contribution in [3.8, 4) is 0 Å². The Morgan fingerprint density at radius 1 is 1.19 bits per heavy atom. The van der Waals surface area contributed by atoms with Crippen molar-refractivity contribution in [3.63, 3.8) is 0 Å². The first-order chi connectivity index (χ1) is 11.6. The van der Waals surface area contributed by atoms with Gasteiger partial charge >= 0.3 is 6.18 Å². The summed E-state index contributed by atoms with van der Waals surface area (Å²) in [5, 5.41) is 10.4. The molecule has 154 valence electrons. The number of carbonyl (C=O) groups is 1. The Morgan fingerprint density at radius 2 is 1.73 bits per heavy atom. The maximum Gasteiger partial charge on any atom is 0.405 e. The Bertz CT molecular complexity index is 564. The minimum atomic E-state index is -4.43. The number of nitrogens with two attached hydrogens (primary N) is 1. The third-order valence-electron chi connectivity index (χ3n) is 4.62. The first kappa shape index (κ1) is 23.4. The molecule has 0 bridgehead atoms. The molecule has 0 spiro atoms. The molecule has 2 fully saturated rings. The molecule has 2 saturated heterocycles. The zero-order valence-corrected chi connectivity index (χ0v) is 15.8. The minimum Gasteiger partial charge on any atom is -0.354 e. The summed E-state index contributed by atoms with van der Waals surface area (Å²) in [5.41, 5.74) is 0. The van der Waals surface area contributed by atoms with Crippen LogP contribution in [-0.2, 0) is 15.0 Å². The number of piperazine rings is 1. The van der Waals surface area contributed by atoms with Gasteiger partial charge in [0.25, 0.3) is 10.2 Å². The van der Waals surface area contributed by atoms with E-state index in [1.807, 2.05) is 0 Å². The summed E-state index contributed by atoms with van der Waals surface area (Å²) >= 11 is 0. The van der Waals surface area contributed by atoms with Gasteiger partial charge in [-0.15, -0.1) is 12.4 Å². The van der Waals surface area contributed by atoms with Crippen LogP contribution in [0, 0.1) is 5.92 Å². The van der Waals surface area contributed by atoms with Crippen LogP contribution < -0.4 is 15.8 Å². The topological polar surface area (TPSA) is 108 Å². The highest BCUT2D eigenvalue weighted by atomic mass is 35.5. The predicted molar refractivity (Wildman–Crippen MR) is 91.9 cm³/mol. The van der Waals surface area contributed by atoms with Crippen molar-refractivity contribution >= 4 is 28.5 Å². The lowest BCUT2D eigenvalue weighted by Crippen LogP contribution is -2.58. The standard InChI is InChI=1S/C13H24F3N5O3S.ClH/c14-13(15,16)11(20-7-3-18-4-8-20)9-19-12(22)10-1-5-21(6-2-10)25(17,23)24;/h10-11,18H,1-9H2,(H,19,22)(H2,17,23,24);1H. The average molecular weight is 424 g/mol. The van der Waals surface area contributed by atoms with Crippen LogP contribution in [0.1, 0.15) is 12.8 Å². The zero-order valence-electron chi connectivity index (χ0n) is 14.2. The number of rotatable bonds is 5. The summed E-state index contributed by atoms with van der Waals surface area (Å²) in [7, 11) is -3.79. The van der Waals surface area contributed by atoms with E-state index in [2.05, 4.69) is 10.6 Å². The van der Waals surface area contributed by atoms with Crippen LogP contribution in [0.15, 0.2) is 0 Å². The van der Waals surface area contributed by atoms with E-state index in [-0.39, 0.29) is 51.4 Å². The molecule has 1 amide bonds. The molecule has 1 unspecified atom stereocenters. The highest BCUT2D eigenvalue weighted by Gasteiger charge is 2.44. The molecule has 1 atom stereocenters. The highest BCUT2D eigenvalue weighted by Crippen LogP contribution is 2.25. The lowest BCUT2D eigenvalue weighted by atomic mass is 9.97. The van der Waals surface area contributed by atoms with Gasteiger partial charge in [0.15, 0.2) is 0 Å². The number of nitrogens with one attached hydrogen (secondary N) is 2. The molecular weight excluding hydrogens is 399 g/mol. The second-order valence-electron chi connectivity index (χ2n) is 6.31. The Balaban J connectivity index is 0.00000338. The van der Waals surface area contributed by atoms with Gasteiger partial charge in [0.1, 0.15) is 6.04 Å². The van der Waals surface area contributed by atoms with E-state index < -0.39 is 40.8 Å². The molecule has 2 heterocycles. The summed E-state index contributed by atoms with van der Waals surface area (Å²) < 4.78 is 63.4. The fourth-order valence-electron chi connectivity index (χ4n) is 3.16. The first-order valence-electron chi connectivity index (χ1n) is 8.16. The third kappa shape index (κ3) is 6.50. The average Bonchev–Trinajstić information content (AvgIpc) is 2.54. The molecule has 2 aliphatic heterocycles. The monoisotopic (exact) mass is 423 g/mol. The number of alkyl halides is 3. The summed E-state index contributed by atoms with van der Waals surface area (Å²) in [4.78, 5) is 13.5. The zero-order chi connectivity index (χ0) is 18.7. The fraction of sp³-hybridized carbons (Fsp3) is 0.923. The molecule has 26 heavy (non-hydrogen) atoms. The number of hydrogen-bond acceptors (Lipinski definition) is 5. The van der Waals surface area contributed by atoms with Crippen LogP contribution in [0.3, 0.4) is 0 Å². The predicted octanol–water partition coefficient (Wildman–Crippen LogP) is -0.724. The quantitative estimate of drug-likeness (QED) is 0.540. The van der Waals surface area contributed by atoms with Gasteiger partial charge < -0.3 is 10.6 Å². The van der Waals surface area contributed by atoms with Crippen molar-refractivity contribution in [2.45, 2.75) is 25.1 Å². The normalized spacial score (nSPS) is 22.5. The molecule has 0 aliphatic carbocycles. The number of hydrogen-bond donors (Lipinski definition) is 3. The van der Waals surface area contributed by atoms with Gasteiger partial charge in [-0.25, -0.2) is 5.14 Å². The van der Waals surface area contributed by atoms with Gasteiger partial charge in [-0.05, 0) is 12.8 Å². The molecule has 2 aliphatic rings. The molecule has 0 saturated carbocycles. The Kier molecular flexibility index (Phi) is 8.55. The van der Waals surface area contributed by atoms with Crippen molar-refractivity contribution in [1.29, 1.82) is 0 Å². The summed E-state index contributed by atoms with van der Waals surface area (Å²) in [6, 6.07) is -1.72. The molecule has 0 radical (unpaired) electrons. The van der Waals surface area contributed by atoms with Gasteiger partial charge in [-0.2, -0.15) is 25.9 Å². The molecule has 8 nitrogen and oxygen atoms in total. The number of nitrogens with zero attached hydrogens (tertiary/aromatic N) is 2. The third-order valence-corrected chi connectivity index (χ3v) is 5.71. The van der Waals surface area contributed by atoms with Gasteiger partial charge in [0.05, 0.1) is 0 Å². The van der Waals surface area contributed by atoms with E-state index in [0.717, 1.165) is 4.31 Å². The second-order valence-corrected chi connectivity index (χ2v) is 7.85. The van der Waals surface area contributed by atoms with E-state index in [1.165, 1.54) is 4.90 Å². The maximum absolute atomic E-state index is 13.3. The van der Waals surface area contributed by atoms with Crippen molar-refractivity contribution in [1.82, 2.24) is 19.8 Å². The van der Waals surface area contributed by atoms with Gasteiger partial charge in [-0.1, -0.05) is 0 Å². The highest BCUT2D eigenvalue weighted by molar-refractivity contribution is 7.86. The Morgan fingerprint density at radius 3 is 2.19 bits per heavy atom. The van der Waals surface area contributed by atoms with Crippen LogP contribution in [-0.4, -0.2) is 81.6 Å². The molecular formula is C13H25ClF3N5O3S. The molecule has 0 aromatic heterocycles. The maximum atomic E-state index is 13.3. The van der Waals surface area contributed by atoms with Crippen LogP contribution in [0.25, 0.3) is 0 Å². The van der Waals surface area contributed by atoms with E-state index in [9.17, 15) is 26.4 Å². The molecule has 0 aromatic carbocycles. The summed E-state index contributed by atoms with van der Waals surface area (Å²) in [6.45, 7) is 1.19. The van der Waals surface area contributed by atoms with Gasteiger partial charge in [0.2, 0.25) is 5.91 Å². The van der Waals surface area contributed by atoms with Crippen LogP contribution in [0.2, 0.25) is 0 Å². The van der Waals surface area contributed by atoms with E-state index in [1.54, 1.807) is 0 Å². The number of carbonyl (C=O) groups excluding carboxylic acids is 1. The van der Waals surface area contributed by atoms with E-state index in [0.29, 0.717) is 13.1 Å². The summed E-state index contributed by atoms with van der Waals surface area (Å²) in [6.07, 6.45) is -3.94. The van der Waals surface area contributed by atoms with Gasteiger partial charge in [-0.3, -0.25) is 9.69 Å². The van der Waals surface area contributed by atoms with Gasteiger partial charge in [0, 0.05) is 51.7 Å². The van der Waals surface area contributed by atoms with Crippen LogP contribution in [0.4, 0.5) is 13.2 Å². The summed E-state index contributed by atoms with van der Waals surface area (Å²) in [5.74, 6) is -0.978. The van der Waals surface area contributed by atoms with Crippen molar-refractivity contribution in [2.24, 2.45) is 11.1 Å². The Labute approximate surface area is 157 Å². The molecule has 0 aromatic rings. The van der Waals surface area contributed by atoms with Crippen LogP contribution in [0.5, 0.6) is 0 Å². The lowest BCUT2D eigenvalue weighted by Gasteiger charge is -2.36. The lowest BCUT2D eigenvalue weighted by molar-refractivity contribution is -0.184. The smallest absolute Gasteiger partial charge is 0.354 e. The second kappa shape index (κ2) is 9.51. The largest absolute Gasteiger partial charge is 0.405 e. The Hall–Kier alpha value is -0.660.